The zero-order chi connectivity index (χ0) is 19.8. The number of ether oxygens (including phenoxy) is 2. The fourth-order valence-electron chi connectivity index (χ4n) is 2.73. The molecule has 2 amide bonds. The van der Waals surface area contributed by atoms with Gasteiger partial charge in [0.1, 0.15) is 17.1 Å². The van der Waals surface area contributed by atoms with E-state index in [1.807, 2.05) is 31.2 Å². The average molecular weight is 370 g/mol. The van der Waals surface area contributed by atoms with Crippen LogP contribution < -0.4 is 14.8 Å². The Balaban J connectivity index is 1.99. The Labute approximate surface area is 160 Å². The molecule has 0 aliphatic carbocycles. The largest absolute Gasteiger partial charge is 0.496 e. The number of nitrogens with zero attached hydrogens (tertiary/aromatic N) is 1. The first-order chi connectivity index (χ1) is 13.0. The molecule has 2 rings (SSSR count). The fraction of sp³-hybridized carbons (Fsp3) is 0.333. The highest BCUT2D eigenvalue weighted by Gasteiger charge is 2.18. The maximum atomic E-state index is 12.6. The molecule has 0 saturated heterocycles. The Morgan fingerprint density at radius 3 is 2.11 bits per heavy atom. The van der Waals surface area contributed by atoms with Gasteiger partial charge in [-0.3, -0.25) is 9.59 Å². The zero-order valence-electron chi connectivity index (χ0n) is 16.2. The fourth-order valence-corrected chi connectivity index (χ4v) is 2.73. The van der Waals surface area contributed by atoms with Crippen molar-refractivity contribution in [3.8, 4) is 11.5 Å². The highest BCUT2D eigenvalue weighted by atomic mass is 16.5. The minimum absolute atomic E-state index is 0.0419. The van der Waals surface area contributed by atoms with Crippen LogP contribution in [0.5, 0.6) is 11.5 Å². The quantitative estimate of drug-likeness (QED) is 0.776. The Morgan fingerprint density at radius 2 is 1.59 bits per heavy atom. The lowest BCUT2D eigenvalue weighted by Crippen LogP contribution is -2.37. The van der Waals surface area contributed by atoms with Gasteiger partial charge < -0.3 is 19.7 Å². The summed E-state index contributed by atoms with van der Waals surface area (Å²) in [5, 5.41) is 2.84. The molecule has 0 aromatic heterocycles. The molecule has 0 aliphatic heterocycles. The molecule has 0 spiro atoms. The van der Waals surface area contributed by atoms with Crippen molar-refractivity contribution in [2.45, 2.75) is 20.4 Å². The van der Waals surface area contributed by atoms with E-state index in [1.54, 1.807) is 23.1 Å². The number of hydrogen-bond donors (Lipinski definition) is 1. The summed E-state index contributed by atoms with van der Waals surface area (Å²) >= 11 is 0. The zero-order valence-corrected chi connectivity index (χ0v) is 16.2. The van der Waals surface area contributed by atoms with Crippen LogP contribution in [0.4, 0.5) is 0 Å². The van der Waals surface area contributed by atoms with Crippen LogP contribution in [0.25, 0.3) is 0 Å². The maximum Gasteiger partial charge on any atom is 0.258 e. The van der Waals surface area contributed by atoms with E-state index in [0.29, 0.717) is 36.7 Å². The van der Waals surface area contributed by atoms with Gasteiger partial charge in [-0.2, -0.15) is 0 Å². The summed E-state index contributed by atoms with van der Waals surface area (Å²) < 4.78 is 10.5. The molecule has 2 aromatic carbocycles. The molecule has 144 valence electrons. The number of rotatable bonds is 8. The first-order valence-electron chi connectivity index (χ1n) is 8.76. The average Bonchev–Trinajstić information content (AvgIpc) is 2.67. The van der Waals surface area contributed by atoms with Gasteiger partial charge in [-0.1, -0.05) is 35.9 Å². The van der Waals surface area contributed by atoms with Gasteiger partial charge in [-0.05, 0) is 24.6 Å². The SMILES string of the molecule is COc1cccc(OC)c1C(=O)NCCN(Cc1ccc(C)cc1)C(C)=O. The normalized spacial score (nSPS) is 10.2. The van der Waals surface area contributed by atoms with E-state index in [9.17, 15) is 9.59 Å². The van der Waals surface area contributed by atoms with Gasteiger partial charge in [0.05, 0.1) is 14.2 Å². The first-order valence-corrected chi connectivity index (χ1v) is 8.76. The van der Waals surface area contributed by atoms with Gasteiger partial charge in [0.15, 0.2) is 0 Å². The van der Waals surface area contributed by atoms with Crippen molar-refractivity contribution in [3.05, 3.63) is 59.2 Å². The van der Waals surface area contributed by atoms with Crippen molar-refractivity contribution in [1.29, 1.82) is 0 Å². The Kier molecular flexibility index (Phi) is 7.23. The minimum atomic E-state index is -0.303. The van der Waals surface area contributed by atoms with E-state index in [2.05, 4.69) is 5.32 Å². The van der Waals surface area contributed by atoms with E-state index in [4.69, 9.17) is 9.47 Å². The molecule has 0 bridgehead atoms. The number of carbonyl (C=O) groups excluding carboxylic acids is 2. The number of hydrogen-bond acceptors (Lipinski definition) is 4. The van der Waals surface area contributed by atoms with Gasteiger partial charge in [0.25, 0.3) is 5.91 Å². The van der Waals surface area contributed by atoms with Crippen LogP contribution in [-0.4, -0.2) is 44.0 Å². The van der Waals surface area contributed by atoms with Crippen LogP contribution >= 0.6 is 0 Å². The van der Waals surface area contributed by atoms with Crippen LogP contribution in [0.2, 0.25) is 0 Å². The molecule has 0 radical (unpaired) electrons. The van der Waals surface area contributed by atoms with Crippen molar-refractivity contribution >= 4 is 11.8 Å². The van der Waals surface area contributed by atoms with Crippen molar-refractivity contribution in [3.63, 3.8) is 0 Å². The second-order valence-corrected chi connectivity index (χ2v) is 6.22. The van der Waals surface area contributed by atoms with Gasteiger partial charge in [0.2, 0.25) is 5.91 Å². The summed E-state index contributed by atoms with van der Waals surface area (Å²) in [5.41, 5.74) is 2.56. The molecule has 0 atom stereocenters. The lowest BCUT2D eigenvalue weighted by Gasteiger charge is -2.22. The highest BCUT2D eigenvalue weighted by molar-refractivity contribution is 5.99. The van der Waals surface area contributed by atoms with Crippen molar-refractivity contribution < 1.29 is 19.1 Å². The predicted octanol–water partition coefficient (Wildman–Crippen LogP) is 2.79. The highest BCUT2D eigenvalue weighted by Crippen LogP contribution is 2.27. The Hall–Kier alpha value is -3.02. The van der Waals surface area contributed by atoms with Crippen molar-refractivity contribution in [2.24, 2.45) is 0 Å². The number of nitrogens with one attached hydrogen (secondary N) is 1. The summed E-state index contributed by atoms with van der Waals surface area (Å²) in [7, 11) is 3.01. The topological polar surface area (TPSA) is 67.9 Å². The predicted molar refractivity (Wildman–Crippen MR) is 104 cm³/mol. The smallest absolute Gasteiger partial charge is 0.258 e. The van der Waals surface area contributed by atoms with Crippen LogP contribution in [0.15, 0.2) is 42.5 Å². The second-order valence-electron chi connectivity index (χ2n) is 6.22. The van der Waals surface area contributed by atoms with Gasteiger partial charge in [0, 0.05) is 26.6 Å². The minimum Gasteiger partial charge on any atom is -0.496 e. The molecule has 0 heterocycles. The lowest BCUT2D eigenvalue weighted by molar-refractivity contribution is -0.129. The molecule has 0 unspecified atom stereocenters. The molecule has 6 heteroatoms. The van der Waals surface area contributed by atoms with E-state index in [-0.39, 0.29) is 11.8 Å². The van der Waals surface area contributed by atoms with E-state index >= 15 is 0 Å². The maximum absolute atomic E-state index is 12.6. The summed E-state index contributed by atoms with van der Waals surface area (Å²) in [6, 6.07) is 13.2. The Bertz CT molecular complexity index is 765. The third-order valence-corrected chi connectivity index (χ3v) is 4.26. The lowest BCUT2D eigenvalue weighted by atomic mass is 10.1. The second kappa shape index (κ2) is 9.62. The number of benzene rings is 2. The Morgan fingerprint density at radius 1 is 1.00 bits per heavy atom. The van der Waals surface area contributed by atoms with E-state index in [1.165, 1.54) is 26.7 Å². The van der Waals surface area contributed by atoms with Crippen LogP contribution in [0.1, 0.15) is 28.4 Å². The molecular weight excluding hydrogens is 344 g/mol. The number of methoxy groups -OCH3 is 2. The van der Waals surface area contributed by atoms with Crippen molar-refractivity contribution in [2.75, 3.05) is 27.3 Å². The number of carbonyl (C=O) groups is 2. The van der Waals surface area contributed by atoms with Gasteiger partial charge >= 0.3 is 0 Å². The number of amides is 2. The summed E-state index contributed by atoms with van der Waals surface area (Å²) in [6.45, 7) is 4.79. The van der Waals surface area contributed by atoms with Crippen LogP contribution in [-0.2, 0) is 11.3 Å². The monoisotopic (exact) mass is 370 g/mol. The molecular formula is C21H26N2O4. The van der Waals surface area contributed by atoms with Gasteiger partial charge in [-0.25, -0.2) is 0 Å². The molecule has 0 saturated carbocycles. The van der Waals surface area contributed by atoms with Crippen LogP contribution in [0, 0.1) is 6.92 Å². The first kappa shape index (κ1) is 20.3. The third-order valence-electron chi connectivity index (χ3n) is 4.26. The molecule has 2 aromatic rings. The molecule has 0 fully saturated rings. The van der Waals surface area contributed by atoms with E-state index < -0.39 is 0 Å². The third kappa shape index (κ3) is 5.48. The standard InChI is InChI=1S/C21H26N2O4/c1-15-8-10-17(11-9-15)14-23(16(2)24)13-12-22-21(25)20-18(26-3)6-5-7-19(20)27-4/h5-11H,12-14H2,1-4H3,(H,22,25). The summed E-state index contributed by atoms with van der Waals surface area (Å²) in [4.78, 5) is 26.2. The summed E-state index contributed by atoms with van der Waals surface area (Å²) in [5.74, 6) is 0.535. The van der Waals surface area contributed by atoms with Crippen molar-refractivity contribution in [1.82, 2.24) is 10.2 Å². The summed E-state index contributed by atoms with van der Waals surface area (Å²) in [6.07, 6.45) is 0. The van der Waals surface area contributed by atoms with Gasteiger partial charge in [-0.15, -0.1) is 0 Å². The van der Waals surface area contributed by atoms with Crippen LogP contribution in [0.3, 0.4) is 0 Å². The molecule has 27 heavy (non-hydrogen) atoms. The molecule has 6 nitrogen and oxygen atoms in total. The van der Waals surface area contributed by atoms with E-state index in [0.717, 1.165) is 5.56 Å². The molecule has 0 aliphatic rings. The number of aryl methyl sites for hydroxylation is 1. The molecule has 1 N–H and O–H groups in total.